The van der Waals surface area contributed by atoms with Crippen molar-refractivity contribution in [2.75, 3.05) is 13.2 Å². The first kappa shape index (κ1) is 17.6. The molecule has 0 radical (unpaired) electrons. The van der Waals surface area contributed by atoms with E-state index >= 15 is 0 Å². The summed E-state index contributed by atoms with van der Waals surface area (Å²) in [4.78, 5) is -0.0689. The molecule has 2 heterocycles. The fourth-order valence-electron chi connectivity index (χ4n) is 3.15. The second-order valence-corrected chi connectivity index (χ2v) is 8.39. The van der Waals surface area contributed by atoms with E-state index in [0.717, 1.165) is 24.5 Å². The summed E-state index contributed by atoms with van der Waals surface area (Å²) in [5.74, 6) is -0.860. The number of hydrogen-bond acceptors (Lipinski definition) is 5. The van der Waals surface area contributed by atoms with Crippen LogP contribution in [0.5, 0.6) is 0 Å². The molecule has 1 aromatic carbocycles. The summed E-state index contributed by atoms with van der Waals surface area (Å²) in [5, 5.41) is 0. The number of nitrogens with one attached hydrogen (secondary N) is 1. The van der Waals surface area contributed by atoms with Gasteiger partial charge in [-0.15, -0.1) is 0 Å². The normalized spacial score (nSPS) is 26.3. The number of benzene rings is 1. The van der Waals surface area contributed by atoms with Gasteiger partial charge in [0.2, 0.25) is 16.3 Å². The lowest BCUT2D eigenvalue weighted by atomic mass is 9.97. The van der Waals surface area contributed by atoms with E-state index in [9.17, 15) is 17.2 Å². The Hall–Kier alpha value is -1.81. The quantitative estimate of drug-likeness (QED) is 0.856. The molecule has 1 aliphatic heterocycles. The molecule has 26 heavy (non-hydrogen) atoms. The molecule has 4 rings (SSSR count). The van der Waals surface area contributed by atoms with E-state index in [2.05, 4.69) is 4.72 Å². The van der Waals surface area contributed by atoms with Crippen molar-refractivity contribution in [1.82, 2.24) is 4.72 Å². The van der Waals surface area contributed by atoms with Crippen LogP contribution in [-0.2, 0) is 24.9 Å². The van der Waals surface area contributed by atoms with E-state index < -0.39 is 39.4 Å². The number of rotatable bonds is 5. The number of sulfonamides is 1. The van der Waals surface area contributed by atoms with E-state index in [-0.39, 0.29) is 16.2 Å². The molecule has 2 aromatic rings. The Balaban J connectivity index is 1.51. The van der Waals surface area contributed by atoms with Gasteiger partial charge in [0.1, 0.15) is 22.8 Å². The summed E-state index contributed by atoms with van der Waals surface area (Å²) in [5.41, 5.74) is -0.644. The van der Waals surface area contributed by atoms with Gasteiger partial charge in [0.05, 0.1) is 13.2 Å². The molecule has 2 aliphatic rings. The lowest BCUT2D eigenvalue weighted by molar-refractivity contribution is -0.0588. The Labute approximate surface area is 149 Å². The second-order valence-electron chi connectivity index (χ2n) is 6.68. The van der Waals surface area contributed by atoms with Crippen LogP contribution in [0.4, 0.5) is 8.78 Å². The average molecular weight is 385 g/mol. The molecule has 1 N–H and O–H groups in total. The molecular weight excluding hydrogens is 368 g/mol. The van der Waals surface area contributed by atoms with Crippen LogP contribution in [0.15, 0.2) is 39.8 Å². The summed E-state index contributed by atoms with van der Waals surface area (Å²) < 4.78 is 70.9. The minimum absolute atomic E-state index is 0.0689. The first-order valence-electron chi connectivity index (χ1n) is 8.09. The Kier molecular flexibility index (Phi) is 4.14. The fraction of sp³-hybridized carbons (Fsp3) is 0.412. The van der Waals surface area contributed by atoms with Crippen LogP contribution in [0.3, 0.4) is 0 Å². The number of furan rings is 1. The molecule has 6 nitrogen and oxygen atoms in total. The van der Waals surface area contributed by atoms with Crippen molar-refractivity contribution in [2.45, 2.75) is 36.0 Å². The summed E-state index contributed by atoms with van der Waals surface area (Å²) in [6, 6.07) is 3.98. The molecule has 1 saturated heterocycles. The molecule has 2 fully saturated rings. The molecule has 9 heteroatoms. The van der Waals surface area contributed by atoms with Gasteiger partial charge in [0.15, 0.2) is 5.76 Å². The smallest absolute Gasteiger partial charge is 0.244 e. The molecule has 1 aliphatic carbocycles. The molecule has 140 valence electrons. The highest BCUT2D eigenvalue weighted by Gasteiger charge is 2.54. The SMILES string of the molecule is CC1(c2cc(F)ccc2F)CC1NS(=O)(=O)c1coc(C2OCCO2)c1. The highest BCUT2D eigenvalue weighted by molar-refractivity contribution is 7.89. The zero-order chi connectivity index (χ0) is 18.5. The molecule has 2 unspecified atom stereocenters. The van der Waals surface area contributed by atoms with Crippen LogP contribution in [0.2, 0.25) is 0 Å². The van der Waals surface area contributed by atoms with Gasteiger partial charge in [-0.3, -0.25) is 0 Å². The molecule has 0 amide bonds. The van der Waals surface area contributed by atoms with Gasteiger partial charge in [-0.2, -0.15) is 0 Å². The third-order valence-corrected chi connectivity index (χ3v) is 6.27. The summed E-state index contributed by atoms with van der Waals surface area (Å²) >= 11 is 0. The van der Waals surface area contributed by atoms with Gasteiger partial charge in [-0.1, -0.05) is 6.92 Å². The molecule has 0 bridgehead atoms. The lowest BCUT2D eigenvalue weighted by Gasteiger charge is -2.14. The number of halogens is 2. The highest BCUT2D eigenvalue weighted by atomic mass is 32.2. The van der Waals surface area contributed by atoms with Crippen LogP contribution < -0.4 is 4.72 Å². The number of ether oxygens (including phenoxy) is 2. The van der Waals surface area contributed by atoms with Crippen molar-refractivity contribution in [2.24, 2.45) is 0 Å². The Bertz CT molecular complexity index is 938. The van der Waals surface area contributed by atoms with Gasteiger partial charge in [-0.25, -0.2) is 21.9 Å². The van der Waals surface area contributed by atoms with Crippen LogP contribution in [0.1, 0.15) is 31.0 Å². The minimum atomic E-state index is -3.88. The van der Waals surface area contributed by atoms with Gasteiger partial charge >= 0.3 is 0 Å². The second kappa shape index (κ2) is 6.12. The summed E-state index contributed by atoms with van der Waals surface area (Å²) in [6.45, 7) is 2.51. The summed E-state index contributed by atoms with van der Waals surface area (Å²) in [6.07, 6.45) is 0.753. The van der Waals surface area contributed by atoms with Crippen molar-refractivity contribution in [3.05, 3.63) is 53.5 Å². The van der Waals surface area contributed by atoms with Crippen molar-refractivity contribution in [3.8, 4) is 0 Å². The fourth-order valence-corrected chi connectivity index (χ4v) is 4.45. The van der Waals surface area contributed by atoms with Crippen LogP contribution >= 0.6 is 0 Å². The van der Waals surface area contributed by atoms with Crippen LogP contribution in [0.25, 0.3) is 0 Å². The maximum atomic E-state index is 14.0. The Morgan fingerprint density at radius 2 is 1.92 bits per heavy atom. The van der Waals surface area contributed by atoms with E-state index in [1.165, 1.54) is 6.07 Å². The zero-order valence-corrected chi connectivity index (χ0v) is 14.7. The predicted molar refractivity (Wildman–Crippen MR) is 85.8 cm³/mol. The van der Waals surface area contributed by atoms with Crippen molar-refractivity contribution < 1.29 is 31.1 Å². The topological polar surface area (TPSA) is 77.8 Å². The first-order valence-corrected chi connectivity index (χ1v) is 9.57. The summed E-state index contributed by atoms with van der Waals surface area (Å²) in [7, 11) is -3.88. The Morgan fingerprint density at radius 3 is 2.65 bits per heavy atom. The van der Waals surface area contributed by atoms with Gasteiger partial charge < -0.3 is 13.9 Å². The largest absolute Gasteiger partial charge is 0.462 e. The third kappa shape index (κ3) is 3.05. The monoisotopic (exact) mass is 385 g/mol. The van der Waals surface area contributed by atoms with E-state index in [4.69, 9.17) is 13.9 Å². The van der Waals surface area contributed by atoms with E-state index in [0.29, 0.717) is 19.6 Å². The first-order chi connectivity index (χ1) is 12.3. The van der Waals surface area contributed by atoms with Crippen molar-refractivity contribution in [3.63, 3.8) is 0 Å². The third-order valence-electron chi connectivity index (χ3n) is 4.84. The average Bonchev–Trinajstić information content (AvgIpc) is 3.06. The van der Waals surface area contributed by atoms with Crippen LogP contribution in [0, 0.1) is 11.6 Å². The molecule has 1 saturated carbocycles. The molecule has 1 aromatic heterocycles. The van der Waals surface area contributed by atoms with Crippen LogP contribution in [-0.4, -0.2) is 27.7 Å². The zero-order valence-electron chi connectivity index (χ0n) is 13.9. The molecular formula is C17H17F2NO5S. The van der Waals surface area contributed by atoms with E-state index in [1.54, 1.807) is 6.92 Å². The maximum Gasteiger partial charge on any atom is 0.244 e. The minimum Gasteiger partial charge on any atom is -0.462 e. The van der Waals surface area contributed by atoms with E-state index in [1.807, 2.05) is 0 Å². The lowest BCUT2D eigenvalue weighted by Crippen LogP contribution is -2.30. The maximum absolute atomic E-state index is 14.0. The van der Waals surface area contributed by atoms with Crippen molar-refractivity contribution in [1.29, 1.82) is 0 Å². The van der Waals surface area contributed by atoms with Crippen molar-refractivity contribution >= 4 is 10.0 Å². The molecule has 0 spiro atoms. The van der Waals surface area contributed by atoms with Gasteiger partial charge in [0, 0.05) is 17.5 Å². The van der Waals surface area contributed by atoms with Gasteiger partial charge in [-0.05, 0) is 30.2 Å². The highest BCUT2D eigenvalue weighted by Crippen LogP contribution is 2.49. The van der Waals surface area contributed by atoms with Gasteiger partial charge in [0.25, 0.3) is 0 Å². The number of hydrogen-bond donors (Lipinski definition) is 1. The molecule has 2 atom stereocenters. The standard InChI is InChI=1S/C17H17F2NO5S/c1-17(12-6-10(18)2-3-13(12)19)8-15(17)20-26(21,22)11-7-14(25-9-11)16-23-4-5-24-16/h2-3,6-7,9,15-16,20H,4-5,8H2,1H3. The predicted octanol–water partition coefficient (Wildman–Crippen LogP) is 2.61. The Morgan fingerprint density at radius 1 is 1.19 bits per heavy atom.